The highest BCUT2D eigenvalue weighted by Crippen LogP contribution is 2.11. The molecule has 6 nitrogen and oxygen atoms in total. The molecule has 1 aliphatic rings. The first-order valence-corrected chi connectivity index (χ1v) is 7.43. The minimum absolute atomic E-state index is 0.323. The molecular weight excluding hydrogens is 262 g/mol. The maximum atomic E-state index is 11.3. The third-order valence-corrected chi connectivity index (χ3v) is 4.20. The van der Waals surface area contributed by atoms with E-state index in [1.807, 2.05) is 5.38 Å². The number of nitrogen functional groups attached to an aromatic ring is 1. The molecule has 0 bridgehead atoms. The van der Waals surface area contributed by atoms with Crippen LogP contribution in [0.3, 0.4) is 0 Å². The Bertz CT molecular complexity index is 416. The summed E-state index contributed by atoms with van der Waals surface area (Å²) in [5, 5.41) is 2.34. The van der Waals surface area contributed by atoms with E-state index < -0.39 is 0 Å². The van der Waals surface area contributed by atoms with Crippen molar-refractivity contribution in [2.45, 2.75) is 19.4 Å². The van der Waals surface area contributed by atoms with Crippen LogP contribution >= 0.6 is 11.3 Å². The zero-order valence-corrected chi connectivity index (χ0v) is 12.1. The second-order valence-corrected chi connectivity index (χ2v) is 5.76. The van der Waals surface area contributed by atoms with Crippen LogP contribution in [0.1, 0.15) is 28.3 Å². The van der Waals surface area contributed by atoms with Gasteiger partial charge in [0.1, 0.15) is 0 Å². The molecule has 0 aromatic carbocycles. The summed E-state index contributed by atoms with van der Waals surface area (Å²) >= 11 is 1.33. The zero-order chi connectivity index (χ0) is 13.7. The summed E-state index contributed by atoms with van der Waals surface area (Å²) in [5.41, 5.74) is 3.02. The predicted molar refractivity (Wildman–Crippen MR) is 75.8 cm³/mol. The molecule has 19 heavy (non-hydrogen) atoms. The maximum absolute atomic E-state index is 11.3. The Morgan fingerprint density at radius 2 is 2.32 bits per heavy atom. The third kappa shape index (κ3) is 4.24. The van der Waals surface area contributed by atoms with Crippen molar-refractivity contribution in [3.8, 4) is 0 Å². The monoisotopic (exact) mass is 283 g/mol. The number of carbonyl (C=O) groups excluding carboxylic acids is 1. The molecular formula is C12H21N5OS. The van der Waals surface area contributed by atoms with Crippen LogP contribution in [-0.2, 0) is 6.54 Å². The van der Waals surface area contributed by atoms with Crippen LogP contribution in [0.15, 0.2) is 5.38 Å². The summed E-state index contributed by atoms with van der Waals surface area (Å²) in [6.45, 7) is 5.35. The van der Waals surface area contributed by atoms with Crippen molar-refractivity contribution in [3.05, 3.63) is 16.1 Å². The molecule has 7 heteroatoms. The second kappa shape index (κ2) is 6.95. The number of carbonyl (C=O) groups is 1. The second-order valence-electron chi connectivity index (χ2n) is 4.90. The number of rotatable bonds is 6. The van der Waals surface area contributed by atoms with E-state index in [9.17, 15) is 4.79 Å². The molecule has 0 aliphatic carbocycles. The summed E-state index contributed by atoms with van der Waals surface area (Å²) < 4.78 is 0. The fourth-order valence-electron chi connectivity index (χ4n) is 2.22. The fraction of sp³-hybridized carbons (Fsp3) is 0.667. The van der Waals surface area contributed by atoms with E-state index >= 15 is 0 Å². The average Bonchev–Trinajstić information content (AvgIpc) is 3.06. The first-order chi connectivity index (χ1) is 9.19. The minimum Gasteiger partial charge on any atom is -0.302 e. The van der Waals surface area contributed by atoms with Gasteiger partial charge < -0.3 is 4.90 Å². The molecule has 0 radical (unpaired) electrons. The van der Waals surface area contributed by atoms with Crippen LogP contribution in [0.4, 0.5) is 0 Å². The Labute approximate surface area is 117 Å². The van der Waals surface area contributed by atoms with Crippen molar-refractivity contribution >= 4 is 17.2 Å². The third-order valence-electron chi connectivity index (χ3n) is 3.31. The van der Waals surface area contributed by atoms with E-state index in [0.717, 1.165) is 25.3 Å². The summed E-state index contributed by atoms with van der Waals surface area (Å²) in [6, 6.07) is 0. The molecule has 1 aliphatic heterocycles. The van der Waals surface area contributed by atoms with Gasteiger partial charge in [-0.25, -0.2) is 10.8 Å². The summed E-state index contributed by atoms with van der Waals surface area (Å²) in [5.74, 6) is 4.76. The smallest absolute Gasteiger partial charge is 0.294 e. The largest absolute Gasteiger partial charge is 0.302 e. The molecule has 0 atom stereocenters. The van der Waals surface area contributed by atoms with Gasteiger partial charge in [-0.15, -0.1) is 11.3 Å². The molecule has 0 spiro atoms. The SMILES string of the molecule is CN(CCN1CCCC1)Cc1csc(C(=O)NN)n1. The van der Waals surface area contributed by atoms with Crippen LogP contribution in [0.2, 0.25) is 0 Å². The molecule has 3 N–H and O–H groups in total. The molecule has 2 heterocycles. The number of hydrazine groups is 1. The normalized spacial score (nSPS) is 16.2. The van der Waals surface area contributed by atoms with Gasteiger partial charge in [0.2, 0.25) is 0 Å². The van der Waals surface area contributed by atoms with Crippen LogP contribution in [0, 0.1) is 0 Å². The van der Waals surface area contributed by atoms with Crippen LogP contribution in [0.5, 0.6) is 0 Å². The van der Waals surface area contributed by atoms with E-state index in [1.54, 1.807) is 0 Å². The quantitative estimate of drug-likeness (QED) is 0.445. The molecule has 1 aromatic heterocycles. The van der Waals surface area contributed by atoms with Gasteiger partial charge >= 0.3 is 0 Å². The fourth-order valence-corrected chi connectivity index (χ4v) is 2.93. The van der Waals surface area contributed by atoms with Gasteiger partial charge in [0.15, 0.2) is 5.01 Å². The van der Waals surface area contributed by atoms with Crippen molar-refractivity contribution in [3.63, 3.8) is 0 Å². The van der Waals surface area contributed by atoms with Gasteiger partial charge in [-0.3, -0.25) is 15.1 Å². The lowest BCUT2D eigenvalue weighted by Crippen LogP contribution is -2.31. The number of hydrogen-bond acceptors (Lipinski definition) is 6. The number of nitrogens with zero attached hydrogens (tertiary/aromatic N) is 3. The van der Waals surface area contributed by atoms with Gasteiger partial charge in [-0.1, -0.05) is 0 Å². The molecule has 1 aromatic rings. The van der Waals surface area contributed by atoms with Crippen LogP contribution in [-0.4, -0.2) is 53.9 Å². The molecule has 1 saturated heterocycles. The van der Waals surface area contributed by atoms with Crippen LogP contribution < -0.4 is 11.3 Å². The van der Waals surface area contributed by atoms with Crippen LogP contribution in [0.25, 0.3) is 0 Å². The standard InChI is InChI=1S/C12H21N5OS/c1-16(6-7-17-4-2-3-5-17)8-10-9-19-12(14-10)11(18)15-13/h9H,2-8,13H2,1H3,(H,15,18). The number of aromatic nitrogens is 1. The van der Waals surface area contributed by atoms with E-state index in [4.69, 9.17) is 5.84 Å². The van der Waals surface area contributed by atoms with Gasteiger partial charge in [0, 0.05) is 25.0 Å². The Hall–Kier alpha value is -1.02. The molecule has 2 rings (SSSR count). The molecule has 1 amide bonds. The van der Waals surface area contributed by atoms with Crippen molar-refractivity contribution in [1.29, 1.82) is 0 Å². The average molecular weight is 283 g/mol. The lowest BCUT2D eigenvalue weighted by atomic mass is 10.4. The van der Waals surface area contributed by atoms with E-state index in [-0.39, 0.29) is 5.91 Å². The number of nitrogens with two attached hydrogens (primary N) is 1. The Morgan fingerprint density at radius 3 is 3.00 bits per heavy atom. The Morgan fingerprint density at radius 1 is 1.58 bits per heavy atom. The number of amides is 1. The first-order valence-electron chi connectivity index (χ1n) is 6.55. The maximum Gasteiger partial charge on any atom is 0.294 e. The van der Waals surface area contributed by atoms with Gasteiger partial charge in [-0.05, 0) is 33.0 Å². The minimum atomic E-state index is -0.323. The number of thiazole rings is 1. The summed E-state index contributed by atoms with van der Waals surface area (Å²) in [7, 11) is 2.08. The highest BCUT2D eigenvalue weighted by Gasteiger charge is 2.13. The topological polar surface area (TPSA) is 74.5 Å². The van der Waals surface area contributed by atoms with Crippen molar-refractivity contribution in [2.24, 2.45) is 5.84 Å². The molecule has 106 valence electrons. The number of likely N-dealkylation sites (N-methyl/N-ethyl adjacent to an activating group) is 1. The number of nitrogens with one attached hydrogen (secondary N) is 1. The van der Waals surface area contributed by atoms with Gasteiger partial charge in [0.25, 0.3) is 5.91 Å². The van der Waals surface area contributed by atoms with E-state index in [0.29, 0.717) is 5.01 Å². The summed E-state index contributed by atoms with van der Waals surface area (Å²) in [6.07, 6.45) is 2.65. The lowest BCUT2D eigenvalue weighted by molar-refractivity contribution is 0.0953. The predicted octanol–water partition coefficient (Wildman–Crippen LogP) is 0.274. The van der Waals surface area contributed by atoms with Crippen molar-refractivity contribution in [2.75, 3.05) is 33.2 Å². The first kappa shape index (κ1) is 14.4. The number of likely N-dealkylation sites (tertiary alicyclic amines) is 1. The number of hydrogen-bond donors (Lipinski definition) is 2. The highest BCUT2D eigenvalue weighted by atomic mass is 32.1. The molecule has 0 unspecified atom stereocenters. The van der Waals surface area contributed by atoms with Gasteiger partial charge in [-0.2, -0.15) is 0 Å². The summed E-state index contributed by atoms with van der Waals surface area (Å²) in [4.78, 5) is 20.3. The Kier molecular flexibility index (Phi) is 5.26. The molecule has 1 fully saturated rings. The Balaban J connectivity index is 1.76. The molecule has 0 saturated carbocycles. The van der Waals surface area contributed by atoms with Crippen molar-refractivity contribution < 1.29 is 4.79 Å². The van der Waals surface area contributed by atoms with E-state index in [2.05, 4.69) is 27.3 Å². The highest BCUT2D eigenvalue weighted by molar-refractivity contribution is 7.11. The van der Waals surface area contributed by atoms with Gasteiger partial charge in [0.05, 0.1) is 5.69 Å². The van der Waals surface area contributed by atoms with Crippen molar-refractivity contribution in [1.82, 2.24) is 20.2 Å². The lowest BCUT2D eigenvalue weighted by Gasteiger charge is -2.20. The van der Waals surface area contributed by atoms with E-state index in [1.165, 1.54) is 37.3 Å². The zero-order valence-electron chi connectivity index (χ0n) is 11.3.